The number of nitrogens with zero attached hydrogens (tertiary/aromatic N) is 4. The molecule has 160 valence electrons. The molecule has 1 aromatic carbocycles. The zero-order valence-electron chi connectivity index (χ0n) is 17.5. The van der Waals surface area contributed by atoms with E-state index in [9.17, 15) is 19.2 Å². The van der Waals surface area contributed by atoms with Crippen molar-refractivity contribution in [2.75, 3.05) is 0 Å². The third kappa shape index (κ3) is 3.45. The number of carbonyl (C=O) groups excluding carboxylic acids is 1. The Labute approximate surface area is 174 Å². The van der Waals surface area contributed by atoms with E-state index < -0.39 is 29.4 Å². The molecule has 3 aromatic heterocycles. The Kier molecular flexibility index (Phi) is 4.84. The van der Waals surface area contributed by atoms with Crippen LogP contribution in [-0.4, -0.2) is 24.7 Å². The lowest BCUT2D eigenvalue weighted by Gasteiger charge is -2.11. The van der Waals surface area contributed by atoms with Gasteiger partial charge in [-0.2, -0.15) is 0 Å². The number of hydrogen-bond acceptors (Lipinski definition) is 7. The summed E-state index contributed by atoms with van der Waals surface area (Å²) >= 11 is 0. The first-order valence-electron chi connectivity index (χ1n) is 9.48. The van der Waals surface area contributed by atoms with Gasteiger partial charge in [0.1, 0.15) is 18.7 Å². The third-order valence-electron chi connectivity index (χ3n) is 5.32. The van der Waals surface area contributed by atoms with E-state index in [0.717, 1.165) is 15.7 Å². The van der Waals surface area contributed by atoms with Gasteiger partial charge in [0, 0.05) is 31.1 Å². The first kappa shape index (κ1) is 20.3. The molecule has 0 aliphatic carbocycles. The monoisotopic (exact) mass is 424 g/mol. The number of imidazole rings is 1. The summed E-state index contributed by atoms with van der Waals surface area (Å²) in [6.07, 6.45) is 1.42. The van der Waals surface area contributed by atoms with E-state index in [1.54, 1.807) is 13.1 Å². The van der Waals surface area contributed by atoms with Crippen molar-refractivity contribution in [3.05, 3.63) is 72.5 Å². The Morgan fingerprint density at radius 1 is 1.10 bits per heavy atom. The minimum absolute atomic E-state index is 0.201. The standard InChI is InChI=1S/C21H20N4O6/c1-11-5-14-13(7-16(26)31-15(14)6-12(11)2)9-30-17(27)8-25-20(28)18-19(22-10-23(18)3)24(4)21(25)29/h5-7,10H,8-9H2,1-4H3. The summed E-state index contributed by atoms with van der Waals surface area (Å²) in [6, 6.07) is 4.87. The second kappa shape index (κ2) is 7.38. The number of fused-ring (bicyclic) bond motifs is 2. The van der Waals surface area contributed by atoms with Crippen LogP contribution in [-0.2, 0) is 36.8 Å². The summed E-state index contributed by atoms with van der Waals surface area (Å²) in [4.78, 5) is 53.6. The van der Waals surface area contributed by atoms with Crippen molar-refractivity contribution in [3.8, 4) is 0 Å². The molecule has 0 aliphatic heterocycles. The minimum atomic E-state index is -0.786. The highest BCUT2D eigenvalue weighted by molar-refractivity contribution is 5.82. The van der Waals surface area contributed by atoms with Gasteiger partial charge in [-0.05, 0) is 37.1 Å². The van der Waals surface area contributed by atoms with Crippen LogP contribution < -0.4 is 16.9 Å². The van der Waals surface area contributed by atoms with Crippen molar-refractivity contribution < 1.29 is 13.9 Å². The van der Waals surface area contributed by atoms with Gasteiger partial charge in [-0.25, -0.2) is 19.1 Å². The maximum absolute atomic E-state index is 12.7. The fourth-order valence-corrected chi connectivity index (χ4v) is 3.47. The fraction of sp³-hybridized carbons (Fsp3) is 0.286. The highest BCUT2D eigenvalue weighted by Crippen LogP contribution is 2.22. The summed E-state index contributed by atoms with van der Waals surface area (Å²) in [5.41, 5.74) is 1.39. The van der Waals surface area contributed by atoms with Crippen molar-refractivity contribution in [1.82, 2.24) is 18.7 Å². The van der Waals surface area contributed by atoms with E-state index >= 15 is 0 Å². The number of benzene rings is 1. The Hall–Kier alpha value is -3.95. The molecule has 0 aliphatic rings. The van der Waals surface area contributed by atoms with Crippen LogP contribution in [0.5, 0.6) is 0 Å². The molecule has 0 saturated carbocycles. The predicted molar refractivity (Wildman–Crippen MR) is 112 cm³/mol. The van der Waals surface area contributed by atoms with Gasteiger partial charge in [-0.15, -0.1) is 0 Å². The van der Waals surface area contributed by atoms with Gasteiger partial charge in [-0.3, -0.25) is 14.2 Å². The molecule has 0 saturated heterocycles. The number of ether oxygens (including phenoxy) is 1. The molecule has 4 aromatic rings. The quantitative estimate of drug-likeness (QED) is 0.353. The van der Waals surface area contributed by atoms with Gasteiger partial charge in [-0.1, -0.05) is 0 Å². The van der Waals surface area contributed by atoms with Gasteiger partial charge < -0.3 is 13.7 Å². The van der Waals surface area contributed by atoms with E-state index in [-0.39, 0.29) is 17.8 Å². The number of hydrogen-bond donors (Lipinski definition) is 0. The van der Waals surface area contributed by atoms with E-state index in [2.05, 4.69) is 4.98 Å². The molecule has 0 fully saturated rings. The van der Waals surface area contributed by atoms with Crippen LogP contribution in [0.1, 0.15) is 16.7 Å². The molecule has 31 heavy (non-hydrogen) atoms. The van der Waals surface area contributed by atoms with Gasteiger partial charge in [0.15, 0.2) is 11.2 Å². The zero-order chi connectivity index (χ0) is 22.4. The molecule has 0 amide bonds. The van der Waals surface area contributed by atoms with Crippen LogP contribution in [0.25, 0.3) is 22.1 Å². The van der Waals surface area contributed by atoms with Crippen LogP contribution in [0.3, 0.4) is 0 Å². The highest BCUT2D eigenvalue weighted by atomic mass is 16.5. The molecule has 0 spiro atoms. The van der Waals surface area contributed by atoms with Crippen molar-refractivity contribution in [3.63, 3.8) is 0 Å². The van der Waals surface area contributed by atoms with E-state index in [4.69, 9.17) is 9.15 Å². The molecule has 10 heteroatoms. The summed E-state index contributed by atoms with van der Waals surface area (Å²) < 4.78 is 14.0. The van der Waals surface area contributed by atoms with Crippen molar-refractivity contribution in [1.29, 1.82) is 0 Å². The zero-order valence-corrected chi connectivity index (χ0v) is 17.5. The number of esters is 1. The molecular weight excluding hydrogens is 404 g/mol. The molecule has 10 nitrogen and oxygen atoms in total. The van der Waals surface area contributed by atoms with Crippen molar-refractivity contribution >= 4 is 28.1 Å². The second-order valence-corrected chi connectivity index (χ2v) is 7.44. The topological polar surface area (TPSA) is 118 Å². The number of carbonyl (C=O) groups is 1. The average molecular weight is 424 g/mol. The SMILES string of the molecule is Cc1cc2oc(=O)cc(COC(=O)Cn3c(=O)c4c(ncn4C)n(C)c3=O)c2cc1C. The Bertz CT molecular complexity index is 1540. The van der Waals surface area contributed by atoms with Crippen LogP contribution >= 0.6 is 0 Å². The second-order valence-electron chi connectivity index (χ2n) is 7.44. The molecule has 0 atom stereocenters. The Morgan fingerprint density at radius 3 is 2.55 bits per heavy atom. The fourth-order valence-electron chi connectivity index (χ4n) is 3.47. The summed E-state index contributed by atoms with van der Waals surface area (Å²) in [6.45, 7) is 3.06. The molecule has 0 bridgehead atoms. The lowest BCUT2D eigenvalue weighted by Crippen LogP contribution is -2.41. The van der Waals surface area contributed by atoms with Gasteiger partial charge in [0.05, 0.1) is 6.33 Å². The Balaban J connectivity index is 1.64. The average Bonchev–Trinajstić information content (AvgIpc) is 3.11. The van der Waals surface area contributed by atoms with Crippen LogP contribution in [0.4, 0.5) is 0 Å². The van der Waals surface area contributed by atoms with Gasteiger partial charge in [0.2, 0.25) is 0 Å². The number of aromatic nitrogens is 4. The predicted octanol–water partition coefficient (Wildman–Crippen LogP) is 0.900. The molecule has 0 N–H and O–H groups in total. The summed E-state index contributed by atoms with van der Waals surface area (Å²) in [5, 5.41) is 0.653. The summed E-state index contributed by atoms with van der Waals surface area (Å²) in [5.74, 6) is -0.786. The lowest BCUT2D eigenvalue weighted by molar-refractivity contribution is -0.145. The first-order chi connectivity index (χ1) is 14.7. The van der Waals surface area contributed by atoms with Crippen molar-refractivity contribution in [2.24, 2.45) is 14.1 Å². The van der Waals surface area contributed by atoms with E-state index in [1.807, 2.05) is 19.9 Å². The Morgan fingerprint density at radius 2 is 1.81 bits per heavy atom. The number of rotatable bonds is 4. The number of aryl methyl sites for hydroxylation is 4. The van der Waals surface area contributed by atoms with Crippen LogP contribution in [0, 0.1) is 13.8 Å². The minimum Gasteiger partial charge on any atom is -0.459 e. The summed E-state index contributed by atoms with van der Waals surface area (Å²) in [7, 11) is 3.10. The largest absolute Gasteiger partial charge is 0.459 e. The van der Waals surface area contributed by atoms with Crippen LogP contribution in [0.15, 0.2) is 43.3 Å². The molecule has 0 unspecified atom stereocenters. The normalized spacial score (nSPS) is 11.4. The highest BCUT2D eigenvalue weighted by Gasteiger charge is 2.18. The third-order valence-corrected chi connectivity index (χ3v) is 5.32. The van der Waals surface area contributed by atoms with Gasteiger partial charge in [0.25, 0.3) is 5.56 Å². The lowest BCUT2D eigenvalue weighted by atomic mass is 10.0. The maximum atomic E-state index is 12.7. The maximum Gasteiger partial charge on any atom is 0.336 e. The molecular formula is C21H20N4O6. The van der Waals surface area contributed by atoms with Gasteiger partial charge >= 0.3 is 17.3 Å². The molecule has 4 rings (SSSR count). The van der Waals surface area contributed by atoms with Crippen LogP contribution in [0.2, 0.25) is 0 Å². The van der Waals surface area contributed by atoms with Crippen molar-refractivity contribution in [2.45, 2.75) is 27.0 Å². The van der Waals surface area contributed by atoms with E-state index in [1.165, 1.54) is 28.6 Å². The van der Waals surface area contributed by atoms with E-state index in [0.29, 0.717) is 16.5 Å². The first-order valence-corrected chi connectivity index (χ1v) is 9.48. The smallest absolute Gasteiger partial charge is 0.336 e. The molecule has 0 radical (unpaired) electrons. The molecule has 3 heterocycles.